The predicted molar refractivity (Wildman–Crippen MR) is 96.4 cm³/mol. The largest absolute Gasteiger partial charge is 0.326 e. The van der Waals surface area contributed by atoms with E-state index < -0.39 is 19.9 Å². The molecule has 1 radical (unpaired) electrons. The van der Waals surface area contributed by atoms with Crippen LogP contribution in [0.15, 0.2) is 50.4 Å². The summed E-state index contributed by atoms with van der Waals surface area (Å²) in [6.07, 6.45) is 1.46. The van der Waals surface area contributed by atoms with Gasteiger partial charge in [-0.2, -0.15) is 4.31 Å². The van der Waals surface area contributed by atoms with Crippen molar-refractivity contribution in [2.45, 2.75) is 39.4 Å². The molecule has 2 aromatic rings. The number of hydrogen-bond acceptors (Lipinski definition) is 6. The van der Waals surface area contributed by atoms with Crippen LogP contribution in [0, 0.1) is 6.92 Å². The lowest BCUT2D eigenvalue weighted by Gasteiger charge is -2.21. The molecule has 9 heteroatoms. The molecule has 0 bridgehead atoms. The number of nitrogens with zero attached hydrogens (tertiary/aromatic N) is 1. The minimum Gasteiger partial charge on any atom is -0.326 e. The first-order valence-corrected chi connectivity index (χ1v) is 11.5. The Kier molecular flexibility index (Phi) is 5.04. The van der Waals surface area contributed by atoms with Crippen LogP contribution in [0.3, 0.4) is 0 Å². The van der Waals surface area contributed by atoms with Crippen LogP contribution in [0.1, 0.15) is 17.7 Å². The summed E-state index contributed by atoms with van der Waals surface area (Å²) in [5.41, 5.74) is 5.53. The standard InChI is InChI=1S/C16H19N2O4S3/c1-12-4-3-9-18(12)25(21,22)15-6-2-5-14(10-15)24(19,20)16-8-7-13(11-17)23-16/h2,5-8,10,12H,1,3-4,9,11,17H2/t12-/m0/s1. The molecule has 0 saturated carbocycles. The number of thiophene rings is 1. The summed E-state index contributed by atoms with van der Waals surface area (Å²) in [6.45, 7) is 4.52. The Hall–Kier alpha value is -1.26. The Morgan fingerprint density at radius 1 is 1.16 bits per heavy atom. The number of sulfonamides is 1. The Bertz CT molecular complexity index is 980. The third-order valence-electron chi connectivity index (χ3n) is 4.15. The Labute approximate surface area is 152 Å². The molecule has 1 saturated heterocycles. The summed E-state index contributed by atoms with van der Waals surface area (Å²) in [6, 6.07) is 8.32. The van der Waals surface area contributed by atoms with Crippen LogP contribution in [0.25, 0.3) is 0 Å². The van der Waals surface area contributed by atoms with Crippen molar-refractivity contribution in [3.05, 3.63) is 48.2 Å². The summed E-state index contributed by atoms with van der Waals surface area (Å²) in [5, 5.41) is 0. The topological polar surface area (TPSA) is 97.5 Å². The molecular weight excluding hydrogens is 380 g/mol. The molecule has 0 unspecified atom stereocenters. The van der Waals surface area contributed by atoms with Gasteiger partial charge in [0.05, 0.1) is 9.79 Å². The van der Waals surface area contributed by atoms with Gasteiger partial charge in [-0.15, -0.1) is 11.3 Å². The molecule has 135 valence electrons. The lowest BCUT2D eigenvalue weighted by molar-refractivity contribution is 0.430. The third-order valence-corrected chi connectivity index (χ3v) is 9.45. The van der Waals surface area contributed by atoms with E-state index in [1.807, 2.05) is 0 Å². The smallest absolute Gasteiger partial charge is 0.243 e. The van der Waals surface area contributed by atoms with Crippen LogP contribution in [-0.4, -0.2) is 33.7 Å². The number of nitrogens with two attached hydrogens (primary N) is 1. The quantitative estimate of drug-likeness (QED) is 0.830. The van der Waals surface area contributed by atoms with Crippen molar-refractivity contribution in [2.75, 3.05) is 6.54 Å². The molecule has 1 fully saturated rings. The molecule has 3 rings (SSSR count). The maximum absolute atomic E-state index is 12.8. The molecule has 2 N–H and O–H groups in total. The van der Waals surface area contributed by atoms with Crippen LogP contribution in [0.5, 0.6) is 0 Å². The molecule has 0 spiro atoms. The van der Waals surface area contributed by atoms with E-state index in [0.29, 0.717) is 13.0 Å². The zero-order valence-electron chi connectivity index (χ0n) is 13.5. The molecule has 1 aliphatic heterocycles. The van der Waals surface area contributed by atoms with E-state index in [1.54, 1.807) is 6.07 Å². The fourth-order valence-corrected chi connectivity index (χ4v) is 7.21. The zero-order chi connectivity index (χ0) is 18.2. The van der Waals surface area contributed by atoms with Gasteiger partial charge in [0.15, 0.2) is 0 Å². The lowest BCUT2D eigenvalue weighted by atomic mass is 10.3. The van der Waals surface area contributed by atoms with E-state index in [4.69, 9.17) is 5.73 Å². The van der Waals surface area contributed by atoms with Gasteiger partial charge in [-0.05, 0) is 50.1 Å². The minimum absolute atomic E-state index is 0.0280. The van der Waals surface area contributed by atoms with E-state index in [9.17, 15) is 16.8 Å². The summed E-state index contributed by atoms with van der Waals surface area (Å²) in [7, 11) is -7.55. The molecule has 0 amide bonds. The van der Waals surface area contributed by atoms with Gasteiger partial charge in [-0.25, -0.2) is 16.8 Å². The number of rotatable bonds is 5. The Morgan fingerprint density at radius 2 is 1.88 bits per heavy atom. The van der Waals surface area contributed by atoms with Gasteiger partial charge in [0.2, 0.25) is 19.9 Å². The van der Waals surface area contributed by atoms with Crippen molar-refractivity contribution in [1.29, 1.82) is 0 Å². The first-order valence-electron chi connectivity index (χ1n) is 7.75. The zero-order valence-corrected chi connectivity index (χ0v) is 15.9. The normalized spacial score (nSPS) is 19.4. The van der Waals surface area contributed by atoms with Gasteiger partial charge in [0, 0.05) is 24.0 Å². The summed E-state index contributed by atoms with van der Waals surface area (Å²) >= 11 is 1.09. The molecule has 6 nitrogen and oxygen atoms in total. The van der Waals surface area contributed by atoms with E-state index in [1.165, 1.54) is 34.6 Å². The summed E-state index contributed by atoms with van der Waals surface area (Å²) in [5.74, 6) is 0. The van der Waals surface area contributed by atoms with Crippen molar-refractivity contribution in [2.24, 2.45) is 5.73 Å². The fraction of sp³-hybridized carbons (Fsp3) is 0.312. The highest BCUT2D eigenvalue weighted by molar-refractivity contribution is 7.93. The predicted octanol–water partition coefficient (Wildman–Crippen LogP) is 2.03. The van der Waals surface area contributed by atoms with E-state index in [2.05, 4.69) is 6.92 Å². The minimum atomic E-state index is -3.78. The molecule has 0 aliphatic carbocycles. The van der Waals surface area contributed by atoms with Gasteiger partial charge in [-0.1, -0.05) is 6.07 Å². The second-order valence-corrected chi connectivity index (χ2v) is 11.1. The highest BCUT2D eigenvalue weighted by atomic mass is 32.2. The first kappa shape index (κ1) is 18.5. The van der Waals surface area contributed by atoms with Gasteiger partial charge in [0.1, 0.15) is 4.21 Å². The maximum atomic E-state index is 12.8. The van der Waals surface area contributed by atoms with Crippen molar-refractivity contribution in [3.8, 4) is 0 Å². The highest BCUT2D eigenvalue weighted by Gasteiger charge is 2.33. The van der Waals surface area contributed by atoms with E-state index >= 15 is 0 Å². The molecule has 1 aromatic carbocycles. The lowest BCUT2D eigenvalue weighted by Crippen LogP contribution is -2.33. The number of benzene rings is 1. The molecule has 1 aromatic heterocycles. The van der Waals surface area contributed by atoms with Gasteiger partial charge >= 0.3 is 0 Å². The van der Waals surface area contributed by atoms with Crippen molar-refractivity contribution < 1.29 is 16.8 Å². The molecule has 1 aliphatic rings. The van der Waals surface area contributed by atoms with Crippen LogP contribution in [0.2, 0.25) is 0 Å². The molecule has 1 atom stereocenters. The maximum Gasteiger partial charge on any atom is 0.243 e. The Balaban J connectivity index is 2.02. The van der Waals surface area contributed by atoms with Crippen molar-refractivity contribution in [1.82, 2.24) is 4.31 Å². The van der Waals surface area contributed by atoms with Gasteiger partial charge < -0.3 is 5.73 Å². The average Bonchev–Trinajstić information content (AvgIpc) is 3.24. The van der Waals surface area contributed by atoms with Crippen LogP contribution >= 0.6 is 11.3 Å². The van der Waals surface area contributed by atoms with E-state index in [-0.39, 0.29) is 26.6 Å². The third kappa shape index (κ3) is 3.39. The SMILES string of the molecule is [CH2][C@H]1CCCN1S(=O)(=O)c1cccc(S(=O)(=O)c2ccc(CN)s2)c1. The Morgan fingerprint density at radius 3 is 2.48 bits per heavy atom. The molecule has 2 heterocycles. The van der Waals surface area contributed by atoms with Gasteiger partial charge in [-0.3, -0.25) is 0 Å². The van der Waals surface area contributed by atoms with E-state index in [0.717, 1.165) is 22.6 Å². The van der Waals surface area contributed by atoms with Crippen LogP contribution < -0.4 is 5.73 Å². The monoisotopic (exact) mass is 399 g/mol. The second-order valence-electron chi connectivity index (χ2n) is 5.81. The first-order chi connectivity index (χ1) is 11.8. The second kappa shape index (κ2) is 6.81. The molecule has 25 heavy (non-hydrogen) atoms. The van der Waals surface area contributed by atoms with Gasteiger partial charge in [0.25, 0.3) is 0 Å². The highest BCUT2D eigenvalue weighted by Crippen LogP contribution is 2.31. The summed E-state index contributed by atoms with van der Waals surface area (Å²) < 4.78 is 52.6. The van der Waals surface area contributed by atoms with Crippen LogP contribution in [0.4, 0.5) is 0 Å². The average molecular weight is 400 g/mol. The fourth-order valence-electron chi connectivity index (χ4n) is 2.79. The number of hydrogen-bond donors (Lipinski definition) is 1. The molecular formula is C16H19N2O4S3. The number of sulfone groups is 1. The van der Waals surface area contributed by atoms with Crippen molar-refractivity contribution >= 4 is 31.2 Å². The summed E-state index contributed by atoms with van der Waals surface area (Å²) in [4.78, 5) is 0.679. The van der Waals surface area contributed by atoms with Crippen molar-refractivity contribution in [3.63, 3.8) is 0 Å². The van der Waals surface area contributed by atoms with Crippen LogP contribution in [-0.2, 0) is 26.4 Å².